The molecule has 0 rings (SSSR count). The van der Waals surface area contributed by atoms with Gasteiger partial charge in [-0.15, -0.1) is 0 Å². The van der Waals surface area contributed by atoms with Crippen LogP contribution in [0.4, 0.5) is 0 Å². The minimum atomic E-state index is 0.196. The predicted molar refractivity (Wildman–Crippen MR) is 57.3 cm³/mol. The summed E-state index contributed by atoms with van der Waals surface area (Å²) in [6, 6.07) is 0.196. The second-order valence-electron chi connectivity index (χ2n) is 2.42. The summed E-state index contributed by atoms with van der Waals surface area (Å²) >= 11 is 8.97. The van der Waals surface area contributed by atoms with Crippen molar-refractivity contribution in [1.82, 2.24) is 5.32 Å². The third-order valence-electron chi connectivity index (χ3n) is 1.42. The summed E-state index contributed by atoms with van der Waals surface area (Å²) in [4.78, 5) is 0.564. The molecule has 0 aromatic rings. The van der Waals surface area contributed by atoms with Gasteiger partial charge < -0.3 is 11.1 Å². The topological polar surface area (TPSA) is 38.0 Å². The van der Waals surface area contributed by atoms with Gasteiger partial charge in [-0.05, 0) is 6.42 Å². The maximum absolute atomic E-state index is 5.51. The first-order valence-electron chi connectivity index (χ1n) is 3.86. The van der Waals surface area contributed by atoms with Crippen molar-refractivity contribution in [2.24, 2.45) is 5.73 Å². The summed E-state index contributed by atoms with van der Waals surface area (Å²) in [5, 5.41) is 3.23. The van der Waals surface area contributed by atoms with E-state index in [0.29, 0.717) is 4.99 Å². The Bertz CT molecular complexity index is 117. The van der Waals surface area contributed by atoms with Crippen LogP contribution in [0.15, 0.2) is 0 Å². The smallest absolute Gasteiger partial charge is 0.0899 e. The molecule has 0 spiro atoms. The third-order valence-corrected chi connectivity index (χ3v) is 1.93. The normalized spacial score (nSPS) is 12.9. The number of rotatable bonds is 6. The fourth-order valence-corrected chi connectivity index (χ4v) is 1.20. The largest absolute Gasteiger partial charge is 0.392 e. The first-order valence-corrected chi connectivity index (χ1v) is 4.90. The first-order chi connectivity index (χ1) is 5.22. The molecule has 0 heterocycles. The van der Waals surface area contributed by atoms with E-state index in [2.05, 4.69) is 24.9 Å². The van der Waals surface area contributed by atoms with Gasteiger partial charge in [0.1, 0.15) is 0 Å². The van der Waals surface area contributed by atoms with Gasteiger partial charge in [-0.1, -0.05) is 25.6 Å². The highest BCUT2D eigenvalue weighted by molar-refractivity contribution is 7.80. The monoisotopic (exact) mass is 192 g/mol. The maximum atomic E-state index is 5.51. The van der Waals surface area contributed by atoms with E-state index in [4.69, 9.17) is 18.0 Å². The van der Waals surface area contributed by atoms with Crippen molar-refractivity contribution in [3.63, 3.8) is 0 Å². The van der Waals surface area contributed by atoms with Crippen molar-refractivity contribution in [1.29, 1.82) is 0 Å². The lowest BCUT2D eigenvalue weighted by molar-refractivity contribution is 0.596. The van der Waals surface area contributed by atoms with Crippen LogP contribution >= 0.6 is 24.8 Å². The van der Waals surface area contributed by atoms with Gasteiger partial charge >= 0.3 is 0 Å². The van der Waals surface area contributed by atoms with Crippen LogP contribution in [0.3, 0.4) is 0 Å². The third kappa shape index (κ3) is 5.47. The van der Waals surface area contributed by atoms with E-state index < -0.39 is 0 Å². The van der Waals surface area contributed by atoms with Crippen LogP contribution in [-0.2, 0) is 0 Å². The Morgan fingerprint density at radius 2 is 2.36 bits per heavy atom. The number of thiocarbonyl (C=S) groups is 1. The van der Waals surface area contributed by atoms with Crippen LogP contribution in [-0.4, -0.2) is 23.3 Å². The lowest BCUT2D eigenvalue weighted by atomic mass is 10.2. The molecule has 0 bridgehead atoms. The van der Waals surface area contributed by atoms with Crippen LogP contribution in [0, 0.1) is 0 Å². The minimum Gasteiger partial charge on any atom is -0.392 e. The molecule has 4 heteroatoms. The standard InChI is InChI=1S/C7H16N2S2/c1-2-3-6(7(8)11)9-4-5-10/h6,9-10H,2-5H2,1H3,(H2,8,11). The highest BCUT2D eigenvalue weighted by Gasteiger charge is 2.07. The van der Waals surface area contributed by atoms with Crippen LogP contribution in [0.5, 0.6) is 0 Å². The lowest BCUT2D eigenvalue weighted by Gasteiger charge is -2.15. The number of hydrogen-bond donors (Lipinski definition) is 3. The fourth-order valence-electron chi connectivity index (χ4n) is 0.872. The Morgan fingerprint density at radius 1 is 1.73 bits per heavy atom. The summed E-state index contributed by atoms with van der Waals surface area (Å²) < 4.78 is 0. The summed E-state index contributed by atoms with van der Waals surface area (Å²) in [6.45, 7) is 2.98. The average Bonchev–Trinajstić information content (AvgIpc) is 1.97. The van der Waals surface area contributed by atoms with Gasteiger partial charge in [0.15, 0.2) is 0 Å². The van der Waals surface area contributed by atoms with E-state index >= 15 is 0 Å². The molecule has 1 atom stereocenters. The van der Waals surface area contributed by atoms with Gasteiger partial charge in [-0.3, -0.25) is 0 Å². The summed E-state index contributed by atoms with van der Waals surface area (Å²) in [5.74, 6) is 0.822. The van der Waals surface area contributed by atoms with Crippen molar-refractivity contribution in [3.8, 4) is 0 Å². The zero-order chi connectivity index (χ0) is 8.69. The molecule has 1 unspecified atom stereocenters. The molecule has 0 saturated carbocycles. The van der Waals surface area contributed by atoms with Crippen LogP contribution < -0.4 is 11.1 Å². The Hall–Kier alpha value is 0.200. The first kappa shape index (κ1) is 11.2. The summed E-state index contributed by atoms with van der Waals surface area (Å²) in [5.41, 5.74) is 5.51. The molecule has 0 aliphatic carbocycles. The van der Waals surface area contributed by atoms with E-state index in [-0.39, 0.29) is 6.04 Å². The Labute approximate surface area is 79.3 Å². The summed E-state index contributed by atoms with van der Waals surface area (Å²) in [6.07, 6.45) is 2.12. The van der Waals surface area contributed by atoms with Gasteiger partial charge in [0.05, 0.1) is 11.0 Å². The quantitative estimate of drug-likeness (QED) is 0.433. The molecule has 0 aliphatic heterocycles. The average molecular weight is 192 g/mol. The Balaban J connectivity index is 3.60. The van der Waals surface area contributed by atoms with Gasteiger partial charge in [-0.25, -0.2) is 0 Å². The number of hydrogen-bond acceptors (Lipinski definition) is 3. The summed E-state index contributed by atoms with van der Waals surface area (Å²) in [7, 11) is 0. The second-order valence-corrected chi connectivity index (χ2v) is 3.34. The second kappa shape index (κ2) is 6.88. The molecule has 0 amide bonds. The molecule has 11 heavy (non-hydrogen) atoms. The molecule has 0 aliphatic rings. The minimum absolute atomic E-state index is 0.196. The van der Waals surface area contributed by atoms with E-state index in [1.807, 2.05) is 0 Å². The SMILES string of the molecule is CCCC(NCCS)C(N)=S. The molecule has 0 aromatic carbocycles. The fraction of sp³-hybridized carbons (Fsp3) is 0.857. The van der Waals surface area contributed by atoms with Crippen LogP contribution in [0.1, 0.15) is 19.8 Å². The molecule has 3 N–H and O–H groups in total. The molecular formula is C7H16N2S2. The zero-order valence-electron chi connectivity index (χ0n) is 6.84. The van der Waals surface area contributed by atoms with Gasteiger partial charge in [-0.2, -0.15) is 12.6 Å². The molecule has 66 valence electrons. The Morgan fingerprint density at radius 3 is 2.73 bits per heavy atom. The number of thiol groups is 1. The van der Waals surface area contributed by atoms with Crippen molar-refractivity contribution in [2.45, 2.75) is 25.8 Å². The van der Waals surface area contributed by atoms with E-state index in [1.165, 1.54) is 0 Å². The van der Waals surface area contributed by atoms with Crippen molar-refractivity contribution in [2.75, 3.05) is 12.3 Å². The number of nitrogens with one attached hydrogen (secondary N) is 1. The van der Waals surface area contributed by atoms with Gasteiger partial charge in [0, 0.05) is 12.3 Å². The zero-order valence-corrected chi connectivity index (χ0v) is 8.55. The Kier molecular flexibility index (Phi) is 7.01. The van der Waals surface area contributed by atoms with Gasteiger partial charge in [0.2, 0.25) is 0 Å². The van der Waals surface area contributed by atoms with Crippen molar-refractivity contribution < 1.29 is 0 Å². The van der Waals surface area contributed by atoms with E-state index in [1.54, 1.807) is 0 Å². The molecule has 0 aromatic heterocycles. The van der Waals surface area contributed by atoms with Crippen molar-refractivity contribution in [3.05, 3.63) is 0 Å². The molecule has 0 fully saturated rings. The predicted octanol–water partition coefficient (Wildman–Crippen LogP) is 0.961. The van der Waals surface area contributed by atoms with E-state index in [0.717, 1.165) is 25.1 Å². The lowest BCUT2D eigenvalue weighted by Crippen LogP contribution is -2.40. The van der Waals surface area contributed by atoms with Crippen LogP contribution in [0.2, 0.25) is 0 Å². The van der Waals surface area contributed by atoms with Crippen LogP contribution in [0.25, 0.3) is 0 Å². The molecule has 2 nitrogen and oxygen atoms in total. The molecular weight excluding hydrogens is 176 g/mol. The van der Waals surface area contributed by atoms with Gasteiger partial charge in [0.25, 0.3) is 0 Å². The maximum Gasteiger partial charge on any atom is 0.0899 e. The highest BCUT2D eigenvalue weighted by Crippen LogP contribution is 1.96. The highest BCUT2D eigenvalue weighted by atomic mass is 32.1. The number of nitrogens with two attached hydrogens (primary N) is 1. The molecule has 0 saturated heterocycles. The molecule has 0 radical (unpaired) electrons. The van der Waals surface area contributed by atoms with Crippen molar-refractivity contribution >= 4 is 29.8 Å². The van der Waals surface area contributed by atoms with E-state index in [9.17, 15) is 0 Å².